The summed E-state index contributed by atoms with van der Waals surface area (Å²) >= 11 is 0. The molecule has 5 atom stereocenters. The van der Waals surface area contributed by atoms with Crippen LogP contribution in [0.25, 0.3) is 11.6 Å². The third kappa shape index (κ3) is 4.97. The number of amides is 3. The number of para-hydroxylation sites is 1. The average molecular weight is 681 g/mol. The second-order valence-corrected chi connectivity index (χ2v) is 14.3. The van der Waals surface area contributed by atoms with E-state index < -0.39 is 41.6 Å². The number of aromatic nitrogens is 2. The van der Waals surface area contributed by atoms with Gasteiger partial charge in [0.15, 0.2) is 23.4 Å². The maximum absolute atomic E-state index is 14.0. The molecular weight excluding hydrogens is 640 g/mol. The summed E-state index contributed by atoms with van der Waals surface area (Å²) in [5.41, 5.74) is 2.66. The molecule has 2 unspecified atom stereocenters. The molecule has 4 aliphatic rings. The number of rotatable bonds is 6. The van der Waals surface area contributed by atoms with Crippen LogP contribution >= 0.6 is 0 Å². The molecule has 4 aliphatic heterocycles. The minimum atomic E-state index is -1.29. The predicted molar refractivity (Wildman–Crippen MR) is 180 cm³/mol. The lowest BCUT2D eigenvalue weighted by molar-refractivity contribution is -0.135. The number of hydrogen-bond donors (Lipinski definition) is 4. The number of oxazole rings is 2. The smallest absolute Gasteiger partial charge is 0.275 e. The first-order chi connectivity index (χ1) is 24.1. The van der Waals surface area contributed by atoms with Crippen molar-refractivity contribution < 1.29 is 33.1 Å². The monoisotopic (exact) mass is 680 g/mol. The Morgan fingerprint density at radius 1 is 1.04 bits per heavy atom. The van der Waals surface area contributed by atoms with Gasteiger partial charge in [0.1, 0.15) is 35.6 Å². The number of nitrogens with one attached hydrogen (secondary N) is 3. The predicted octanol–water partition coefficient (Wildman–Crippen LogP) is 3.92. The van der Waals surface area contributed by atoms with E-state index in [1.807, 2.05) is 56.3 Å². The molecule has 3 amide bonds. The standard InChI is InChI=1S/C37H40N6O7/c1-18(2)27-34-42-28(33-39-25(17-48-33)35(47)43-13-7-8-14-43)30(50-34)37-21-9-5-6-10-23(21)40-36(37)49-26-12-11-20(15-22(26)37)16-24(31(45)41-27)38-32(46)29(44)19(3)4/h5-6,9-12,15,17-19,24,27,29,36,40,44H,7-8,13-14,16H2,1-4H3,(H,38,46)(H,41,45)/t24-,27-,29-,36?,37?/m0/s1. The number of anilines is 1. The summed E-state index contributed by atoms with van der Waals surface area (Å²) in [5.74, 6) is -0.518. The molecular formula is C37H40N6O7. The fourth-order valence-electron chi connectivity index (χ4n) is 7.57. The van der Waals surface area contributed by atoms with Gasteiger partial charge in [-0.3, -0.25) is 14.4 Å². The third-order valence-electron chi connectivity index (χ3n) is 10.3. The van der Waals surface area contributed by atoms with Crippen LogP contribution in [0.15, 0.2) is 57.6 Å². The average Bonchev–Trinajstić information content (AvgIpc) is 3.93. The fraction of sp³-hybridized carbons (Fsp3) is 0.432. The first-order valence-electron chi connectivity index (χ1n) is 17.3. The van der Waals surface area contributed by atoms with Gasteiger partial charge in [0.2, 0.25) is 23.6 Å². The quantitative estimate of drug-likeness (QED) is 0.234. The molecule has 0 radical (unpaired) electrons. The minimum Gasteiger partial charge on any atom is -0.469 e. The number of carbonyl (C=O) groups is 3. The molecule has 4 N–H and O–H groups in total. The molecule has 4 bridgehead atoms. The van der Waals surface area contributed by atoms with Crippen LogP contribution in [0, 0.1) is 11.8 Å². The van der Waals surface area contributed by atoms with Gasteiger partial charge in [-0.2, -0.15) is 0 Å². The van der Waals surface area contributed by atoms with E-state index in [9.17, 15) is 19.5 Å². The van der Waals surface area contributed by atoms with Crippen LogP contribution < -0.4 is 20.7 Å². The highest BCUT2D eigenvalue weighted by molar-refractivity contribution is 5.93. The number of hydrogen-bond acceptors (Lipinski definition) is 10. The van der Waals surface area contributed by atoms with Crippen LogP contribution in [0.2, 0.25) is 0 Å². The molecule has 50 heavy (non-hydrogen) atoms. The molecule has 2 aromatic heterocycles. The van der Waals surface area contributed by atoms with Crippen LogP contribution in [-0.2, 0) is 21.4 Å². The molecule has 13 heteroatoms. The van der Waals surface area contributed by atoms with Gasteiger partial charge < -0.3 is 39.5 Å². The van der Waals surface area contributed by atoms with Crippen LogP contribution in [0.5, 0.6) is 5.75 Å². The molecule has 2 aromatic carbocycles. The Hall–Kier alpha value is -5.17. The lowest BCUT2D eigenvalue weighted by atomic mass is 9.72. The van der Waals surface area contributed by atoms with Crippen LogP contribution in [0.4, 0.5) is 5.69 Å². The van der Waals surface area contributed by atoms with Crippen molar-refractivity contribution in [1.29, 1.82) is 0 Å². The molecule has 1 fully saturated rings. The first kappa shape index (κ1) is 32.1. The van der Waals surface area contributed by atoms with E-state index in [4.69, 9.17) is 18.6 Å². The molecule has 1 saturated heterocycles. The largest absolute Gasteiger partial charge is 0.469 e. The zero-order valence-corrected chi connectivity index (χ0v) is 28.4. The molecule has 260 valence electrons. The molecule has 8 rings (SSSR count). The zero-order valence-electron chi connectivity index (χ0n) is 28.4. The second-order valence-electron chi connectivity index (χ2n) is 14.3. The van der Waals surface area contributed by atoms with Gasteiger partial charge in [0.05, 0.1) is 0 Å². The van der Waals surface area contributed by atoms with Crippen molar-refractivity contribution in [2.75, 3.05) is 18.4 Å². The number of nitrogens with zero attached hydrogens (tertiary/aromatic N) is 3. The SMILES string of the molecule is CC(C)[C@H](O)C(=O)N[C@H]1Cc2ccc3c(c2)C2(c4ccccc4NC2O3)c2oc(nc2-c2nc(C(=O)N3CCCC3)co2)[C@H](C(C)C)NC1=O. The second kappa shape index (κ2) is 12.0. The van der Waals surface area contributed by atoms with Gasteiger partial charge >= 0.3 is 0 Å². The number of ether oxygens (including phenoxy) is 1. The Labute approximate surface area is 288 Å². The first-order valence-corrected chi connectivity index (χ1v) is 17.3. The Balaban J connectivity index is 1.33. The van der Waals surface area contributed by atoms with Gasteiger partial charge in [-0.25, -0.2) is 9.97 Å². The highest BCUT2D eigenvalue weighted by Gasteiger charge is 2.61. The van der Waals surface area contributed by atoms with Gasteiger partial charge in [0.25, 0.3) is 5.91 Å². The Morgan fingerprint density at radius 2 is 1.82 bits per heavy atom. The van der Waals surface area contributed by atoms with E-state index in [1.54, 1.807) is 18.7 Å². The van der Waals surface area contributed by atoms with Crippen molar-refractivity contribution in [2.45, 2.75) is 76.8 Å². The van der Waals surface area contributed by atoms with Crippen LogP contribution in [0.3, 0.4) is 0 Å². The van der Waals surface area contributed by atoms with Crippen molar-refractivity contribution in [2.24, 2.45) is 11.8 Å². The molecule has 4 aromatic rings. The number of fused-ring (bicyclic) bond motifs is 4. The summed E-state index contributed by atoms with van der Waals surface area (Å²) in [4.78, 5) is 51.9. The van der Waals surface area contributed by atoms with Gasteiger partial charge in [-0.05, 0) is 47.9 Å². The molecule has 13 nitrogen and oxygen atoms in total. The Morgan fingerprint density at radius 3 is 2.58 bits per heavy atom. The van der Waals surface area contributed by atoms with Crippen LogP contribution in [0.1, 0.15) is 85.4 Å². The normalized spacial score (nSPS) is 24.1. The van der Waals surface area contributed by atoms with Crippen LogP contribution in [-0.4, -0.2) is 69.2 Å². The minimum absolute atomic E-state index is 0.108. The van der Waals surface area contributed by atoms with Gasteiger partial charge in [0, 0.05) is 30.8 Å². The number of aliphatic hydroxyl groups excluding tert-OH is 1. The van der Waals surface area contributed by atoms with E-state index >= 15 is 0 Å². The molecule has 1 spiro atoms. The van der Waals surface area contributed by atoms with Crippen molar-refractivity contribution in [3.8, 4) is 17.3 Å². The van der Waals surface area contributed by atoms with Crippen molar-refractivity contribution in [3.05, 3.63) is 82.8 Å². The van der Waals surface area contributed by atoms with Crippen molar-refractivity contribution in [3.63, 3.8) is 0 Å². The number of benzene rings is 2. The van der Waals surface area contributed by atoms with E-state index in [2.05, 4.69) is 20.9 Å². The van der Waals surface area contributed by atoms with Gasteiger partial charge in [-0.1, -0.05) is 58.0 Å². The summed E-state index contributed by atoms with van der Waals surface area (Å²) in [6.45, 7) is 8.67. The highest BCUT2D eigenvalue weighted by Crippen LogP contribution is 2.59. The maximum Gasteiger partial charge on any atom is 0.275 e. The lowest BCUT2D eigenvalue weighted by Gasteiger charge is -2.29. The van der Waals surface area contributed by atoms with E-state index in [0.29, 0.717) is 24.6 Å². The van der Waals surface area contributed by atoms with Crippen molar-refractivity contribution >= 4 is 23.4 Å². The zero-order chi connectivity index (χ0) is 34.9. The summed E-state index contributed by atoms with van der Waals surface area (Å²) in [6.07, 6.45) is 1.46. The molecule has 0 saturated carbocycles. The maximum atomic E-state index is 14.0. The van der Waals surface area contributed by atoms with E-state index in [1.165, 1.54) is 6.26 Å². The summed E-state index contributed by atoms with van der Waals surface area (Å²) in [7, 11) is 0. The van der Waals surface area contributed by atoms with E-state index in [-0.39, 0.29) is 47.3 Å². The summed E-state index contributed by atoms with van der Waals surface area (Å²) in [6, 6.07) is 11.8. The van der Waals surface area contributed by atoms with E-state index in [0.717, 1.165) is 35.2 Å². The highest BCUT2D eigenvalue weighted by atomic mass is 16.5. The number of likely N-dealkylation sites (tertiary alicyclic amines) is 1. The third-order valence-corrected chi connectivity index (χ3v) is 10.3. The Kier molecular flexibility index (Phi) is 7.70. The summed E-state index contributed by atoms with van der Waals surface area (Å²) < 4.78 is 19.5. The van der Waals surface area contributed by atoms with Gasteiger partial charge in [-0.15, -0.1) is 0 Å². The lowest BCUT2D eigenvalue weighted by Crippen LogP contribution is -2.52. The molecule has 0 aliphatic carbocycles. The topological polar surface area (TPSA) is 172 Å². The molecule has 6 heterocycles. The van der Waals surface area contributed by atoms with Crippen molar-refractivity contribution in [1.82, 2.24) is 25.5 Å². The Bertz CT molecular complexity index is 1990. The summed E-state index contributed by atoms with van der Waals surface area (Å²) in [5, 5.41) is 19.9. The fourth-order valence-corrected chi connectivity index (χ4v) is 7.57. The number of carbonyl (C=O) groups excluding carboxylic acids is 3. The number of aliphatic hydroxyl groups is 1.